The fraction of sp³-hybridized carbons (Fsp3) is 0.235. The summed E-state index contributed by atoms with van der Waals surface area (Å²) in [4.78, 5) is 12.4. The molecule has 3 rings (SSSR count). The smallest absolute Gasteiger partial charge is 0.175 e. The Labute approximate surface area is 117 Å². The van der Waals surface area contributed by atoms with E-state index in [2.05, 4.69) is 0 Å². The van der Waals surface area contributed by atoms with Crippen molar-refractivity contribution in [3.63, 3.8) is 0 Å². The van der Waals surface area contributed by atoms with Crippen LogP contribution in [-0.4, -0.2) is 12.9 Å². The number of carbonyl (C=O) groups is 1. The number of rotatable bonds is 4. The molecule has 2 nitrogen and oxygen atoms in total. The van der Waals surface area contributed by atoms with Crippen molar-refractivity contribution in [2.45, 2.75) is 12.3 Å². The lowest BCUT2D eigenvalue weighted by molar-refractivity contribution is 0.0960. The number of methoxy groups -OCH3 is 1. The normalized spacial score (nSPS) is 20.5. The summed E-state index contributed by atoms with van der Waals surface area (Å²) < 4.78 is 19.0. The molecule has 1 saturated carbocycles. The molecule has 2 aromatic carbocycles. The molecular weight excluding hydrogens is 255 g/mol. The Morgan fingerprint density at radius 3 is 2.60 bits per heavy atom. The molecule has 20 heavy (non-hydrogen) atoms. The summed E-state index contributed by atoms with van der Waals surface area (Å²) >= 11 is 0. The largest absolute Gasteiger partial charge is 0.494 e. The number of hydrogen-bond donors (Lipinski definition) is 0. The van der Waals surface area contributed by atoms with Gasteiger partial charge in [-0.15, -0.1) is 0 Å². The van der Waals surface area contributed by atoms with Crippen LogP contribution >= 0.6 is 0 Å². The van der Waals surface area contributed by atoms with Gasteiger partial charge in [-0.1, -0.05) is 36.4 Å². The minimum atomic E-state index is -0.557. The van der Waals surface area contributed by atoms with Crippen molar-refractivity contribution in [2.75, 3.05) is 7.11 Å². The van der Waals surface area contributed by atoms with Crippen LogP contribution in [-0.2, 0) is 0 Å². The number of halogens is 1. The number of carbonyl (C=O) groups excluding carboxylic acids is 1. The van der Waals surface area contributed by atoms with Crippen LogP contribution in [0.1, 0.15) is 28.3 Å². The Bertz CT molecular complexity index is 637. The molecule has 2 atom stereocenters. The predicted octanol–water partition coefficient (Wildman–Crippen LogP) is 3.82. The van der Waals surface area contributed by atoms with E-state index >= 15 is 0 Å². The fourth-order valence-electron chi connectivity index (χ4n) is 2.61. The zero-order valence-corrected chi connectivity index (χ0v) is 11.2. The van der Waals surface area contributed by atoms with Crippen LogP contribution in [0.15, 0.2) is 48.5 Å². The Balaban J connectivity index is 1.82. The van der Waals surface area contributed by atoms with E-state index in [4.69, 9.17) is 4.74 Å². The van der Waals surface area contributed by atoms with E-state index in [0.29, 0.717) is 0 Å². The van der Waals surface area contributed by atoms with Crippen LogP contribution in [0.25, 0.3) is 0 Å². The third-order valence-corrected chi connectivity index (χ3v) is 3.80. The van der Waals surface area contributed by atoms with Crippen LogP contribution in [0.4, 0.5) is 4.39 Å². The van der Waals surface area contributed by atoms with Crippen molar-refractivity contribution >= 4 is 5.78 Å². The van der Waals surface area contributed by atoms with Gasteiger partial charge in [-0.05, 0) is 30.0 Å². The minimum Gasteiger partial charge on any atom is -0.494 e. The third kappa shape index (κ3) is 2.20. The second-order valence-corrected chi connectivity index (χ2v) is 5.05. The second kappa shape index (κ2) is 5.08. The molecule has 0 aromatic heterocycles. The van der Waals surface area contributed by atoms with E-state index in [1.54, 1.807) is 6.07 Å². The average molecular weight is 270 g/mol. The minimum absolute atomic E-state index is 0.112. The maximum atomic E-state index is 14.1. The van der Waals surface area contributed by atoms with Crippen LogP contribution in [0.2, 0.25) is 0 Å². The molecule has 0 heterocycles. The van der Waals surface area contributed by atoms with Gasteiger partial charge in [0.1, 0.15) is 0 Å². The summed E-state index contributed by atoms with van der Waals surface area (Å²) in [6.45, 7) is 0. The number of ether oxygens (including phenoxy) is 1. The highest BCUT2D eigenvalue weighted by atomic mass is 19.1. The summed E-state index contributed by atoms with van der Waals surface area (Å²) in [6.07, 6.45) is 0.791. The molecule has 2 aromatic rings. The lowest BCUT2D eigenvalue weighted by Gasteiger charge is -2.06. The first-order valence-corrected chi connectivity index (χ1v) is 6.64. The van der Waals surface area contributed by atoms with Crippen molar-refractivity contribution in [1.29, 1.82) is 0 Å². The first kappa shape index (κ1) is 12.9. The Kier molecular flexibility index (Phi) is 3.26. The molecular formula is C17H15FO2. The molecule has 2 unspecified atom stereocenters. The molecule has 1 fully saturated rings. The summed E-state index contributed by atoms with van der Waals surface area (Å²) in [5, 5.41) is 0. The van der Waals surface area contributed by atoms with Crippen molar-refractivity contribution in [2.24, 2.45) is 5.92 Å². The van der Waals surface area contributed by atoms with Gasteiger partial charge in [0.15, 0.2) is 17.3 Å². The van der Waals surface area contributed by atoms with Gasteiger partial charge in [0, 0.05) is 5.92 Å². The van der Waals surface area contributed by atoms with Crippen molar-refractivity contribution in [3.05, 3.63) is 65.5 Å². The van der Waals surface area contributed by atoms with Crippen LogP contribution in [0.5, 0.6) is 5.75 Å². The van der Waals surface area contributed by atoms with Gasteiger partial charge in [0.2, 0.25) is 0 Å². The van der Waals surface area contributed by atoms with E-state index in [-0.39, 0.29) is 28.9 Å². The van der Waals surface area contributed by atoms with Crippen molar-refractivity contribution in [1.82, 2.24) is 0 Å². The van der Waals surface area contributed by atoms with Gasteiger partial charge in [-0.2, -0.15) is 0 Å². The molecule has 1 aliphatic carbocycles. The highest BCUT2D eigenvalue weighted by Crippen LogP contribution is 2.49. The first-order chi connectivity index (χ1) is 9.72. The van der Waals surface area contributed by atoms with E-state index < -0.39 is 5.82 Å². The van der Waals surface area contributed by atoms with Gasteiger partial charge in [-0.3, -0.25) is 4.79 Å². The van der Waals surface area contributed by atoms with Gasteiger partial charge >= 0.3 is 0 Å². The molecule has 1 aliphatic rings. The van der Waals surface area contributed by atoms with Crippen molar-refractivity contribution < 1.29 is 13.9 Å². The Morgan fingerprint density at radius 2 is 1.90 bits per heavy atom. The quantitative estimate of drug-likeness (QED) is 0.789. The zero-order chi connectivity index (χ0) is 14.1. The third-order valence-electron chi connectivity index (χ3n) is 3.80. The summed E-state index contributed by atoms with van der Waals surface area (Å²) in [5.74, 6) is -0.463. The Morgan fingerprint density at radius 1 is 1.15 bits per heavy atom. The van der Waals surface area contributed by atoms with E-state index in [1.807, 2.05) is 30.3 Å². The van der Waals surface area contributed by atoms with E-state index in [1.165, 1.54) is 19.2 Å². The second-order valence-electron chi connectivity index (χ2n) is 5.05. The van der Waals surface area contributed by atoms with Gasteiger partial charge < -0.3 is 4.74 Å². The lowest BCUT2D eigenvalue weighted by atomic mass is 10.0. The van der Waals surface area contributed by atoms with Gasteiger partial charge in [-0.25, -0.2) is 4.39 Å². The van der Waals surface area contributed by atoms with Gasteiger partial charge in [0.05, 0.1) is 12.7 Å². The summed E-state index contributed by atoms with van der Waals surface area (Å²) in [6, 6.07) is 14.6. The topological polar surface area (TPSA) is 26.3 Å². The number of hydrogen-bond acceptors (Lipinski definition) is 2. The van der Waals surface area contributed by atoms with Crippen LogP contribution < -0.4 is 4.74 Å². The highest BCUT2D eigenvalue weighted by molar-refractivity contribution is 6.00. The molecule has 0 saturated heterocycles. The average Bonchev–Trinajstić information content (AvgIpc) is 3.28. The van der Waals surface area contributed by atoms with Gasteiger partial charge in [0.25, 0.3) is 0 Å². The number of ketones is 1. The first-order valence-electron chi connectivity index (χ1n) is 6.64. The van der Waals surface area contributed by atoms with Crippen LogP contribution in [0, 0.1) is 11.7 Å². The molecule has 102 valence electrons. The van der Waals surface area contributed by atoms with Crippen molar-refractivity contribution in [3.8, 4) is 5.75 Å². The van der Waals surface area contributed by atoms with E-state index in [9.17, 15) is 9.18 Å². The molecule has 3 heteroatoms. The maximum absolute atomic E-state index is 14.1. The number of benzene rings is 2. The standard InChI is InChI=1S/C17H15FO2/c1-20-15-9-5-8-12(16(15)18)17(19)14-10-13(14)11-6-3-2-4-7-11/h2-9,13-14H,10H2,1H3. The van der Waals surface area contributed by atoms with E-state index in [0.717, 1.165) is 12.0 Å². The van der Waals surface area contributed by atoms with Crippen LogP contribution in [0.3, 0.4) is 0 Å². The fourth-order valence-corrected chi connectivity index (χ4v) is 2.61. The maximum Gasteiger partial charge on any atom is 0.175 e. The predicted molar refractivity (Wildman–Crippen MR) is 74.6 cm³/mol. The molecule has 0 spiro atoms. The molecule has 0 N–H and O–H groups in total. The SMILES string of the molecule is COc1cccc(C(=O)C2CC2c2ccccc2)c1F. The molecule has 0 radical (unpaired) electrons. The molecule has 0 amide bonds. The summed E-state index contributed by atoms with van der Waals surface area (Å²) in [5.41, 5.74) is 1.28. The molecule has 0 bridgehead atoms. The monoisotopic (exact) mass is 270 g/mol. The Hall–Kier alpha value is -2.16. The lowest BCUT2D eigenvalue weighted by Crippen LogP contribution is -2.07. The highest BCUT2D eigenvalue weighted by Gasteiger charge is 2.44. The molecule has 0 aliphatic heterocycles. The summed E-state index contributed by atoms with van der Waals surface area (Å²) in [7, 11) is 1.40. The number of Topliss-reactive ketones (excluding diaryl/α,β-unsaturated/α-hetero) is 1. The zero-order valence-electron chi connectivity index (χ0n) is 11.2.